The van der Waals surface area contributed by atoms with Gasteiger partial charge in [0.1, 0.15) is 5.75 Å². The minimum absolute atomic E-state index is 0.0127. The Bertz CT molecular complexity index is 684. The van der Waals surface area contributed by atoms with Crippen LogP contribution < -0.4 is 10.1 Å². The lowest BCUT2D eigenvalue weighted by Crippen LogP contribution is -2.35. The number of hydrogen-bond donors (Lipinski definition) is 1. The highest BCUT2D eigenvalue weighted by Gasteiger charge is 2.18. The normalized spacial score (nSPS) is 12.1. The summed E-state index contributed by atoms with van der Waals surface area (Å²) >= 11 is 0. The molecule has 3 nitrogen and oxygen atoms in total. The van der Waals surface area contributed by atoms with Gasteiger partial charge in [-0.1, -0.05) is 51.1 Å². The van der Waals surface area contributed by atoms with E-state index in [0.29, 0.717) is 5.92 Å². The number of aryl methyl sites for hydroxylation is 3. The zero-order valence-corrected chi connectivity index (χ0v) is 15.9. The maximum Gasteiger partial charge on any atom is 0.258 e. The predicted octanol–water partition coefficient (Wildman–Crippen LogP) is 4.76. The van der Waals surface area contributed by atoms with Crippen LogP contribution in [0.3, 0.4) is 0 Å². The van der Waals surface area contributed by atoms with Crippen molar-refractivity contribution in [2.45, 2.75) is 47.1 Å². The SMILES string of the molecule is CCc1ccc(C(NC(=O)COc2cc(C)cc(C)c2)C(C)C)cc1. The van der Waals surface area contributed by atoms with Gasteiger partial charge in [0, 0.05) is 0 Å². The molecule has 1 N–H and O–H groups in total. The van der Waals surface area contributed by atoms with E-state index in [2.05, 4.69) is 56.4 Å². The molecule has 3 heteroatoms. The van der Waals surface area contributed by atoms with E-state index in [0.717, 1.165) is 28.9 Å². The van der Waals surface area contributed by atoms with Gasteiger partial charge in [0.05, 0.1) is 6.04 Å². The Hall–Kier alpha value is -2.29. The van der Waals surface area contributed by atoms with E-state index in [4.69, 9.17) is 4.74 Å². The second-order valence-electron chi connectivity index (χ2n) is 7.00. The summed E-state index contributed by atoms with van der Waals surface area (Å²) in [6, 6.07) is 14.4. The maximum atomic E-state index is 12.4. The molecule has 134 valence electrons. The van der Waals surface area contributed by atoms with Crippen molar-refractivity contribution in [3.8, 4) is 5.75 Å². The standard InChI is InChI=1S/C22H29NO2/c1-6-18-7-9-19(10-8-18)22(15(2)3)23-21(24)14-25-20-12-16(4)11-17(5)13-20/h7-13,15,22H,6,14H2,1-5H3,(H,23,24). The zero-order chi connectivity index (χ0) is 18.4. The number of carbonyl (C=O) groups excluding carboxylic acids is 1. The van der Waals surface area contributed by atoms with Crippen LogP contribution in [0.4, 0.5) is 0 Å². The Labute approximate surface area is 151 Å². The van der Waals surface area contributed by atoms with Crippen LogP contribution in [0.25, 0.3) is 0 Å². The summed E-state index contributed by atoms with van der Waals surface area (Å²) in [6.07, 6.45) is 1.02. The first-order valence-electron chi connectivity index (χ1n) is 8.98. The van der Waals surface area contributed by atoms with Crippen molar-refractivity contribution in [2.75, 3.05) is 6.61 Å². The van der Waals surface area contributed by atoms with Gasteiger partial charge >= 0.3 is 0 Å². The molecule has 0 saturated heterocycles. The molecule has 0 aliphatic rings. The minimum Gasteiger partial charge on any atom is -0.484 e. The number of hydrogen-bond acceptors (Lipinski definition) is 2. The van der Waals surface area contributed by atoms with Crippen LogP contribution in [0.5, 0.6) is 5.75 Å². The van der Waals surface area contributed by atoms with Gasteiger partial charge in [-0.25, -0.2) is 0 Å². The number of benzene rings is 2. The summed E-state index contributed by atoms with van der Waals surface area (Å²) < 4.78 is 5.67. The van der Waals surface area contributed by atoms with Crippen LogP contribution in [0.2, 0.25) is 0 Å². The average Bonchev–Trinajstić information content (AvgIpc) is 2.57. The third kappa shape index (κ3) is 5.63. The van der Waals surface area contributed by atoms with E-state index in [1.165, 1.54) is 5.56 Å². The first-order chi connectivity index (χ1) is 11.9. The van der Waals surface area contributed by atoms with Crippen LogP contribution in [0.1, 0.15) is 49.1 Å². The van der Waals surface area contributed by atoms with Crippen LogP contribution in [-0.4, -0.2) is 12.5 Å². The van der Waals surface area contributed by atoms with Crippen molar-refractivity contribution >= 4 is 5.91 Å². The first-order valence-corrected chi connectivity index (χ1v) is 8.98. The second kappa shape index (κ2) is 8.70. The Morgan fingerprint density at radius 1 is 1.04 bits per heavy atom. The van der Waals surface area contributed by atoms with Crippen molar-refractivity contribution < 1.29 is 9.53 Å². The van der Waals surface area contributed by atoms with Crippen molar-refractivity contribution in [1.29, 1.82) is 0 Å². The summed E-state index contributed by atoms with van der Waals surface area (Å²) in [7, 11) is 0. The minimum atomic E-state index is -0.0996. The van der Waals surface area contributed by atoms with Crippen molar-refractivity contribution in [3.63, 3.8) is 0 Å². The molecule has 0 fully saturated rings. The molecule has 0 saturated carbocycles. The van der Waals surface area contributed by atoms with Gasteiger partial charge in [-0.15, -0.1) is 0 Å². The van der Waals surface area contributed by atoms with E-state index >= 15 is 0 Å². The molecule has 0 bridgehead atoms. The smallest absolute Gasteiger partial charge is 0.258 e. The van der Waals surface area contributed by atoms with Gasteiger partial charge in [-0.2, -0.15) is 0 Å². The molecule has 2 rings (SSSR count). The van der Waals surface area contributed by atoms with Gasteiger partial charge in [-0.3, -0.25) is 4.79 Å². The summed E-state index contributed by atoms with van der Waals surface area (Å²) in [5.41, 5.74) is 4.70. The molecule has 1 atom stereocenters. The van der Waals surface area contributed by atoms with Gasteiger partial charge in [0.2, 0.25) is 0 Å². The van der Waals surface area contributed by atoms with Crippen LogP contribution in [-0.2, 0) is 11.2 Å². The number of amides is 1. The third-order valence-electron chi connectivity index (χ3n) is 4.30. The monoisotopic (exact) mass is 339 g/mol. The molecule has 2 aromatic carbocycles. The molecule has 0 heterocycles. The summed E-state index contributed by atoms with van der Waals surface area (Å²) in [4.78, 5) is 12.4. The molecule has 0 aromatic heterocycles. The fraction of sp³-hybridized carbons (Fsp3) is 0.409. The van der Waals surface area contributed by atoms with E-state index in [1.807, 2.05) is 26.0 Å². The maximum absolute atomic E-state index is 12.4. The van der Waals surface area contributed by atoms with E-state index in [1.54, 1.807) is 0 Å². The van der Waals surface area contributed by atoms with Crippen molar-refractivity contribution in [3.05, 3.63) is 64.7 Å². The molecular weight excluding hydrogens is 310 g/mol. The van der Waals surface area contributed by atoms with E-state index in [-0.39, 0.29) is 18.6 Å². The fourth-order valence-electron chi connectivity index (χ4n) is 2.98. The van der Waals surface area contributed by atoms with Gasteiger partial charge in [0.25, 0.3) is 5.91 Å². The Morgan fingerprint density at radius 2 is 1.64 bits per heavy atom. The highest BCUT2D eigenvalue weighted by Crippen LogP contribution is 2.22. The lowest BCUT2D eigenvalue weighted by atomic mass is 9.95. The van der Waals surface area contributed by atoms with E-state index in [9.17, 15) is 4.79 Å². The topological polar surface area (TPSA) is 38.3 Å². The highest BCUT2D eigenvalue weighted by molar-refractivity contribution is 5.78. The Balaban J connectivity index is 1.99. The molecule has 0 aliphatic carbocycles. The van der Waals surface area contributed by atoms with Gasteiger partial charge < -0.3 is 10.1 Å². The lowest BCUT2D eigenvalue weighted by molar-refractivity contribution is -0.124. The Morgan fingerprint density at radius 3 is 2.16 bits per heavy atom. The molecule has 0 spiro atoms. The third-order valence-corrected chi connectivity index (χ3v) is 4.30. The molecule has 1 unspecified atom stereocenters. The number of ether oxygens (including phenoxy) is 1. The molecule has 2 aromatic rings. The molecular formula is C22H29NO2. The highest BCUT2D eigenvalue weighted by atomic mass is 16.5. The molecule has 25 heavy (non-hydrogen) atoms. The lowest BCUT2D eigenvalue weighted by Gasteiger charge is -2.23. The van der Waals surface area contributed by atoms with Crippen molar-refractivity contribution in [2.24, 2.45) is 5.92 Å². The molecule has 0 aliphatic heterocycles. The second-order valence-corrected chi connectivity index (χ2v) is 7.00. The van der Waals surface area contributed by atoms with Gasteiger partial charge in [-0.05, 0) is 60.6 Å². The first kappa shape index (κ1) is 19.0. The number of nitrogens with one attached hydrogen (secondary N) is 1. The van der Waals surface area contributed by atoms with Crippen molar-refractivity contribution in [1.82, 2.24) is 5.32 Å². The summed E-state index contributed by atoms with van der Waals surface area (Å²) in [5.74, 6) is 0.941. The fourth-order valence-corrected chi connectivity index (χ4v) is 2.98. The Kier molecular flexibility index (Phi) is 6.63. The number of carbonyl (C=O) groups is 1. The largest absolute Gasteiger partial charge is 0.484 e. The van der Waals surface area contributed by atoms with Crippen LogP contribution >= 0.6 is 0 Å². The summed E-state index contributed by atoms with van der Waals surface area (Å²) in [5, 5.41) is 3.11. The zero-order valence-electron chi connectivity index (χ0n) is 15.9. The molecule has 0 radical (unpaired) electrons. The predicted molar refractivity (Wildman–Crippen MR) is 103 cm³/mol. The molecule has 1 amide bonds. The average molecular weight is 339 g/mol. The van der Waals surface area contributed by atoms with E-state index < -0.39 is 0 Å². The number of rotatable bonds is 7. The quantitative estimate of drug-likeness (QED) is 0.790. The summed E-state index contributed by atoms with van der Waals surface area (Å²) in [6.45, 7) is 10.4. The van der Waals surface area contributed by atoms with Crippen LogP contribution in [0.15, 0.2) is 42.5 Å². The van der Waals surface area contributed by atoms with Gasteiger partial charge in [0.15, 0.2) is 6.61 Å². The van der Waals surface area contributed by atoms with Crippen LogP contribution in [0, 0.1) is 19.8 Å².